The van der Waals surface area contributed by atoms with Crippen LogP contribution in [0.25, 0.3) is 0 Å². The normalized spacial score (nSPS) is 19.3. The molecule has 1 aromatic heterocycles. The summed E-state index contributed by atoms with van der Waals surface area (Å²) in [6, 6.07) is 3.33. The van der Waals surface area contributed by atoms with Gasteiger partial charge in [0.25, 0.3) is 5.91 Å². The van der Waals surface area contributed by atoms with E-state index >= 15 is 0 Å². The minimum absolute atomic E-state index is 0.00760. The number of aromatic nitrogens is 1. The quantitative estimate of drug-likeness (QED) is 0.864. The number of urea groups is 1. The van der Waals surface area contributed by atoms with Gasteiger partial charge in [0.15, 0.2) is 0 Å². The number of aromatic amines is 1. The molecule has 0 spiro atoms. The number of hydrogen-bond acceptors (Lipinski definition) is 3. The molecule has 2 aliphatic rings. The number of amides is 3. The molecular formula is C17H24N4O3. The van der Waals surface area contributed by atoms with Crippen LogP contribution in [-0.4, -0.2) is 58.9 Å². The number of hydrogen-bond donors (Lipinski definition) is 2. The molecule has 7 nitrogen and oxygen atoms in total. The van der Waals surface area contributed by atoms with Gasteiger partial charge < -0.3 is 20.1 Å². The Hall–Kier alpha value is -2.31. The van der Waals surface area contributed by atoms with Crippen molar-refractivity contribution in [3.05, 3.63) is 33.7 Å². The Bertz CT molecular complexity index is 677. The van der Waals surface area contributed by atoms with E-state index in [1.54, 1.807) is 11.0 Å². The zero-order valence-electron chi connectivity index (χ0n) is 14.0. The Morgan fingerprint density at radius 2 is 1.96 bits per heavy atom. The molecular weight excluding hydrogens is 308 g/mol. The Kier molecular flexibility index (Phi) is 4.87. The van der Waals surface area contributed by atoms with E-state index in [9.17, 15) is 14.4 Å². The molecule has 3 amide bonds. The van der Waals surface area contributed by atoms with Crippen LogP contribution in [0.15, 0.2) is 16.9 Å². The first-order valence-electron chi connectivity index (χ1n) is 8.65. The van der Waals surface area contributed by atoms with E-state index in [0.29, 0.717) is 25.1 Å². The first kappa shape index (κ1) is 16.5. The van der Waals surface area contributed by atoms with Crippen molar-refractivity contribution in [3.63, 3.8) is 0 Å². The third-order valence-corrected chi connectivity index (χ3v) is 4.83. The minimum atomic E-state index is -0.238. The van der Waals surface area contributed by atoms with Gasteiger partial charge in [0.2, 0.25) is 5.56 Å². The second-order valence-electron chi connectivity index (χ2n) is 6.41. The highest BCUT2D eigenvalue weighted by Gasteiger charge is 2.31. The fraction of sp³-hybridized carbons (Fsp3) is 0.588. The van der Waals surface area contributed by atoms with Gasteiger partial charge in [-0.25, -0.2) is 4.79 Å². The van der Waals surface area contributed by atoms with E-state index in [1.165, 1.54) is 6.07 Å². The molecule has 0 atom stereocenters. The van der Waals surface area contributed by atoms with Gasteiger partial charge in [-0.2, -0.15) is 0 Å². The lowest BCUT2D eigenvalue weighted by molar-refractivity contribution is 0.0642. The van der Waals surface area contributed by atoms with Crippen molar-refractivity contribution in [1.82, 2.24) is 20.1 Å². The zero-order valence-corrected chi connectivity index (χ0v) is 14.0. The van der Waals surface area contributed by atoms with E-state index < -0.39 is 0 Å². The minimum Gasteiger partial charge on any atom is -0.338 e. The molecule has 130 valence electrons. The number of carbonyl (C=O) groups is 2. The van der Waals surface area contributed by atoms with Gasteiger partial charge in [0.05, 0.1) is 0 Å². The summed E-state index contributed by atoms with van der Waals surface area (Å²) in [7, 11) is 0. The molecule has 7 heteroatoms. The maximum Gasteiger partial charge on any atom is 0.317 e. The predicted octanol–water partition coefficient (Wildman–Crippen LogP) is 0.957. The van der Waals surface area contributed by atoms with E-state index in [1.807, 2.05) is 11.8 Å². The van der Waals surface area contributed by atoms with Crippen LogP contribution < -0.4 is 10.9 Å². The van der Waals surface area contributed by atoms with Gasteiger partial charge in [-0.1, -0.05) is 6.92 Å². The number of nitrogens with zero attached hydrogens (tertiary/aromatic N) is 2. The maximum atomic E-state index is 12.6. The fourth-order valence-electron chi connectivity index (χ4n) is 3.47. The lowest BCUT2D eigenvalue weighted by Gasteiger charge is -2.40. The van der Waals surface area contributed by atoms with E-state index in [-0.39, 0.29) is 23.5 Å². The number of H-pyrrole nitrogens is 1. The lowest BCUT2D eigenvalue weighted by atomic mass is 10.0. The van der Waals surface area contributed by atoms with E-state index in [4.69, 9.17) is 0 Å². The van der Waals surface area contributed by atoms with Crippen molar-refractivity contribution in [1.29, 1.82) is 0 Å². The summed E-state index contributed by atoms with van der Waals surface area (Å²) in [4.78, 5) is 42.7. The highest BCUT2D eigenvalue weighted by Crippen LogP contribution is 2.20. The van der Waals surface area contributed by atoms with Gasteiger partial charge in [-0.05, 0) is 31.7 Å². The summed E-state index contributed by atoms with van der Waals surface area (Å²) in [5, 5.41) is 2.88. The largest absolute Gasteiger partial charge is 0.338 e. The molecule has 0 saturated carbocycles. The molecule has 2 fully saturated rings. The molecule has 0 unspecified atom stereocenters. The van der Waals surface area contributed by atoms with E-state index in [2.05, 4.69) is 10.3 Å². The molecule has 2 aliphatic heterocycles. The van der Waals surface area contributed by atoms with Crippen LogP contribution in [0.1, 0.15) is 42.2 Å². The van der Waals surface area contributed by atoms with Gasteiger partial charge in [-0.3, -0.25) is 9.59 Å². The Morgan fingerprint density at radius 1 is 1.21 bits per heavy atom. The number of piperidine rings is 1. The van der Waals surface area contributed by atoms with Crippen molar-refractivity contribution >= 4 is 11.9 Å². The third kappa shape index (κ3) is 3.44. The van der Waals surface area contributed by atoms with Crippen molar-refractivity contribution < 1.29 is 9.59 Å². The Morgan fingerprint density at radius 3 is 2.62 bits per heavy atom. The number of aryl methyl sites for hydroxylation is 1. The summed E-state index contributed by atoms with van der Waals surface area (Å²) in [5.74, 6) is -0.0997. The number of likely N-dealkylation sites (tertiary alicyclic amines) is 1. The molecule has 3 heterocycles. The summed E-state index contributed by atoms with van der Waals surface area (Å²) in [6.07, 6.45) is 3.21. The number of nitrogens with one attached hydrogen (secondary N) is 2. The number of carbonyl (C=O) groups excluding carboxylic acids is 2. The summed E-state index contributed by atoms with van der Waals surface area (Å²) in [6.45, 7) is 4.70. The zero-order chi connectivity index (χ0) is 17.1. The van der Waals surface area contributed by atoms with Crippen LogP contribution >= 0.6 is 0 Å². The van der Waals surface area contributed by atoms with Crippen molar-refractivity contribution in [3.8, 4) is 0 Å². The van der Waals surface area contributed by atoms with Crippen LogP contribution in [0.3, 0.4) is 0 Å². The predicted molar refractivity (Wildman–Crippen MR) is 90.1 cm³/mol. The second-order valence-corrected chi connectivity index (χ2v) is 6.41. The topological polar surface area (TPSA) is 85.5 Å². The molecule has 0 radical (unpaired) electrons. The molecule has 1 aromatic rings. The molecule has 2 saturated heterocycles. The summed E-state index contributed by atoms with van der Waals surface area (Å²) >= 11 is 0. The maximum absolute atomic E-state index is 12.6. The summed E-state index contributed by atoms with van der Waals surface area (Å²) in [5.41, 5.74) is 0.980. The SMILES string of the molecule is CCc1cc(C(=O)N2CCC(N3CCCNC3=O)CC2)cc(=O)[nH]1. The monoisotopic (exact) mass is 332 g/mol. The lowest BCUT2D eigenvalue weighted by Crippen LogP contribution is -2.54. The number of rotatable bonds is 3. The van der Waals surface area contributed by atoms with Gasteiger partial charge in [-0.15, -0.1) is 0 Å². The van der Waals surface area contributed by atoms with Crippen molar-refractivity contribution in [2.45, 2.75) is 38.6 Å². The van der Waals surface area contributed by atoms with Gasteiger partial charge >= 0.3 is 6.03 Å². The molecule has 24 heavy (non-hydrogen) atoms. The fourth-order valence-corrected chi connectivity index (χ4v) is 3.47. The van der Waals surface area contributed by atoms with E-state index in [0.717, 1.165) is 38.0 Å². The van der Waals surface area contributed by atoms with Crippen LogP contribution in [0.4, 0.5) is 4.79 Å². The third-order valence-electron chi connectivity index (χ3n) is 4.83. The molecule has 2 N–H and O–H groups in total. The average Bonchev–Trinajstić information content (AvgIpc) is 2.61. The highest BCUT2D eigenvalue weighted by atomic mass is 16.2. The molecule has 0 bridgehead atoms. The van der Waals surface area contributed by atoms with Crippen molar-refractivity contribution in [2.75, 3.05) is 26.2 Å². The molecule has 0 aromatic carbocycles. The Labute approximate surface area is 141 Å². The van der Waals surface area contributed by atoms with Crippen LogP contribution in [0, 0.1) is 0 Å². The number of pyridine rings is 1. The van der Waals surface area contributed by atoms with Crippen LogP contribution in [0.2, 0.25) is 0 Å². The highest BCUT2D eigenvalue weighted by molar-refractivity contribution is 5.94. The van der Waals surface area contributed by atoms with Crippen LogP contribution in [0.5, 0.6) is 0 Å². The molecule has 3 rings (SSSR count). The second kappa shape index (κ2) is 7.07. The molecule has 0 aliphatic carbocycles. The first-order valence-corrected chi connectivity index (χ1v) is 8.65. The Balaban J connectivity index is 1.64. The van der Waals surface area contributed by atoms with Crippen molar-refractivity contribution in [2.24, 2.45) is 0 Å². The van der Waals surface area contributed by atoms with Crippen LogP contribution in [-0.2, 0) is 6.42 Å². The van der Waals surface area contributed by atoms with Gasteiger partial charge in [0.1, 0.15) is 0 Å². The first-order chi connectivity index (χ1) is 11.6. The smallest absolute Gasteiger partial charge is 0.317 e. The van der Waals surface area contributed by atoms with Gasteiger partial charge in [0, 0.05) is 49.5 Å². The summed E-state index contributed by atoms with van der Waals surface area (Å²) < 4.78 is 0. The average molecular weight is 332 g/mol. The standard InChI is InChI=1S/C17H24N4O3/c1-2-13-10-12(11-15(22)19-13)16(23)20-8-4-14(5-9-20)21-7-3-6-18-17(21)24/h10-11,14H,2-9H2,1H3,(H,18,24)(H,19,22).